The second-order valence-corrected chi connectivity index (χ2v) is 3.43. The molecular formula is C12H11N3O3. The first-order valence-corrected chi connectivity index (χ1v) is 5.15. The molecule has 0 unspecified atom stereocenters. The number of nitrogens with one attached hydrogen (secondary N) is 1. The molecule has 0 spiro atoms. The number of benzene rings is 1. The highest BCUT2D eigenvalue weighted by Gasteiger charge is 2.11. The molecule has 1 aromatic carbocycles. The number of hydrogen-bond acceptors (Lipinski definition) is 5. The lowest BCUT2D eigenvalue weighted by molar-refractivity contribution is 0.0698. The summed E-state index contributed by atoms with van der Waals surface area (Å²) in [6.45, 7) is 0. The summed E-state index contributed by atoms with van der Waals surface area (Å²) in [5.74, 6) is 0.00341. The molecule has 2 aromatic rings. The molecule has 0 saturated carbocycles. The lowest BCUT2D eigenvalue weighted by Gasteiger charge is -2.10. The molecule has 18 heavy (non-hydrogen) atoms. The highest BCUT2D eigenvalue weighted by atomic mass is 16.5. The molecule has 0 fully saturated rings. The number of ether oxygens (including phenoxy) is 1. The monoisotopic (exact) mass is 245 g/mol. The lowest BCUT2D eigenvalue weighted by Crippen LogP contribution is -2.04. The quantitative estimate of drug-likeness (QED) is 0.856. The van der Waals surface area contributed by atoms with Crippen LogP contribution in [0.15, 0.2) is 36.8 Å². The van der Waals surface area contributed by atoms with E-state index in [4.69, 9.17) is 9.84 Å². The SMILES string of the molecule is COc1ccc(C(=O)O)c(Nc2cnccn2)c1. The molecule has 0 radical (unpaired) electrons. The first-order chi connectivity index (χ1) is 8.70. The van der Waals surface area contributed by atoms with Gasteiger partial charge in [-0.05, 0) is 12.1 Å². The third-order valence-electron chi connectivity index (χ3n) is 2.28. The summed E-state index contributed by atoms with van der Waals surface area (Å²) in [7, 11) is 1.52. The number of anilines is 2. The van der Waals surface area contributed by atoms with Gasteiger partial charge in [0.15, 0.2) is 0 Å². The minimum atomic E-state index is -1.02. The minimum Gasteiger partial charge on any atom is -0.497 e. The summed E-state index contributed by atoms with van der Waals surface area (Å²) in [5, 5.41) is 12.0. The molecule has 1 aromatic heterocycles. The average molecular weight is 245 g/mol. The molecule has 2 N–H and O–H groups in total. The van der Waals surface area contributed by atoms with Gasteiger partial charge in [0.25, 0.3) is 0 Å². The van der Waals surface area contributed by atoms with Crippen molar-refractivity contribution in [3.05, 3.63) is 42.4 Å². The Hall–Kier alpha value is -2.63. The van der Waals surface area contributed by atoms with Gasteiger partial charge in [-0.3, -0.25) is 4.98 Å². The van der Waals surface area contributed by atoms with E-state index in [1.807, 2.05) is 0 Å². The first kappa shape index (κ1) is 11.8. The molecule has 6 nitrogen and oxygen atoms in total. The molecule has 0 aliphatic carbocycles. The molecule has 2 rings (SSSR count). The Morgan fingerprint density at radius 2 is 2.22 bits per heavy atom. The van der Waals surface area contributed by atoms with E-state index in [9.17, 15) is 4.79 Å². The zero-order valence-electron chi connectivity index (χ0n) is 9.62. The van der Waals surface area contributed by atoms with Gasteiger partial charge >= 0.3 is 5.97 Å². The van der Waals surface area contributed by atoms with Gasteiger partial charge < -0.3 is 15.2 Å². The van der Waals surface area contributed by atoms with E-state index in [1.54, 1.807) is 12.1 Å². The second-order valence-electron chi connectivity index (χ2n) is 3.43. The highest BCUT2D eigenvalue weighted by Crippen LogP contribution is 2.24. The fourth-order valence-corrected chi connectivity index (χ4v) is 1.44. The topological polar surface area (TPSA) is 84.3 Å². The van der Waals surface area contributed by atoms with Crippen LogP contribution in [0.1, 0.15) is 10.4 Å². The molecule has 0 aliphatic heterocycles. The maximum Gasteiger partial charge on any atom is 0.337 e. The number of hydrogen-bond donors (Lipinski definition) is 2. The van der Waals surface area contributed by atoms with Crippen LogP contribution >= 0.6 is 0 Å². The molecule has 0 amide bonds. The van der Waals surface area contributed by atoms with E-state index in [2.05, 4.69) is 15.3 Å². The van der Waals surface area contributed by atoms with E-state index in [0.717, 1.165) is 0 Å². The smallest absolute Gasteiger partial charge is 0.337 e. The second kappa shape index (κ2) is 5.13. The molecule has 0 atom stereocenters. The Morgan fingerprint density at radius 1 is 1.39 bits per heavy atom. The van der Waals surface area contributed by atoms with Gasteiger partial charge in [-0.1, -0.05) is 0 Å². The molecule has 6 heteroatoms. The van der Waals surface area contributed by atoms with Crippen molar-refractivity contribution in [1.29, 1.82) is 0 Å². The maximum atomic E-state index is 11.1. The predicted molar refractivity (Wildman–Crippen MR) is 65.3 cm³/mol. The number of nitrogens with zero attached hydrogens (tertiary/aromatic N) is 2. The van der Waals surface area contributed by atoms with E-state index in [0.29, 0.717) is 17.3 Å². The molecule has 1 heterocycles. The summed E-state index contributed by atoms with van der Waals surface area (Å²) in [4.78, 5) is 19.0. The summed E-state index contributed by atoms with van der Waals surface area (Å²) >= 11 is 0. The average Bonchev–Trinajstić information content (AvgIpc) is 2.39. The normalized spacial score (nSPS) is 9.83. The van der Waals surface area contributed by atoms with E-state index >= 15 is 0 Å². The fourth-order valence-electron chi connectivity index (χ4n) is 1.44. The third-order valence-corrected chi connectivity index (χ3v) is 2.28. The van der Waals surface area contributed by atoms with E-state index in [-0.39, 0.29) is 5.56 Å². The van der Waals surface area contributed by atoms with Crippen molar-refractivity contribution in [1.82, 2.24) is 9.97 Å². The molecule has 0 aliphatic rings. The Labute approximate surface area is 103 Å². The predicted octanol–water partition coefficient (Wildman–Crippen LogP) is 1.93. The van der Waals surface area contributed by atoms with Gasteiger partial charge in [-0.25, -0.2) is 9.78 Å². The van der Waals surface area contributed by atoms with Crippen LogP contribution in [0.25, 0.3) is 0 Å². The van der Waals surface area contributed by atoms with Crippen molar-refractivity contribution >= 4 is 17.5 Å². The maximum absolute atomic E-state index is 11.1. The number of carboxylic acids is 1. The molecular weight excluding hydrogens is 234 g/mol. The largest absolute Gasteiger partial charge is 0.497 e. The van der Waals surface area contributed by atoms with Gasteiger partial charge in [-0.2, -0.15) is 0 Å². The molecule has 0 bridgehead atoms. The van der Waals surface area contributed by atoms with Crippen LogP contribution in [0.5, 0.6) is 5.75 Å². The van der Waals surface area contributed by atoms with Gasteiger partial charge in [0, 0.05) is 18.5 Å². The van der Waals surface area contributed by atoms with Crippen molar-refractivity contribution in [2.75, 3.05) is 12.4 Å². The number of carboxylic acid groups (broad SMARTS) is 1. The Kier molecular flexibility index (Phi) is 3.38. The van der Waals surface area contributed by atoms with Crippen LogP contribution < -0.4 is 10.1 Å². The summed E-state index contributed by atoms with van der Waals surface area (Å²) in [5.41, 5.74) is 0.545. The van der Waals surface area contributed by atoms with Crippen molar-refractivity contribution in [3.63, 3.8) is 0 Å². The van der Waals surface area contributed by atoms with Gasteiger partial charge in [-0.15, -0.1) is 0 Å². The van der Waals surface area contributed by atoms with E-state index < -0.39 is 5.97 Å². The summed E-state index contributed by atoms with van der Waals surface area (Å²) < 4.78 is 5.06. The van der Waals surface area contributed by atoms with Crippen molar-refractivity contribution in [2.24, 2.45) is 0 Å². The van der Waals surface area contributed by atoms with Crippen LogP contribution in [0, 0.1) is 0 Å². The number of rotatable bonds is 4. The van der Waals surface area contributed by atoms with Gasteiger partial charge in [0.1, 0.15) is 11.6 Å². The highest BCUT2D eigenvalue weighted by molar-refractivity contribution is 5.95. The number of methoxy groups -OCH3 is 1. The standard InChI is InChI=1S/C12H11N3O3/c1-18-8-2-3-9(12(16)17)10(6-8)15-11-7-13-4-5-14-11/h2-7H,1H3,(H,14,15)(H,16,17). The van der Waals surface area contributed by atoms with Crippen molar-refractivity contribution < 1.29 is 14.6 Å². The van der Waals surface area contributed by atoms with Gasteiger partial charge in [0.2, 0.25) is 0 Å². The fraction of sp³-hybridized carbons (Fsp3) is 0.0833. The number of aromatic nitrogens is 2. The van der Waals surface area contributed by atoms with E-state index in [1.165, 1.54) is 31.8 Å². The first-order valence-electron chi connectivity index (χ1n) is 5.15. The lowest BCUT2D eigenvalue weighted by atomic mass is 10.1. The van der Waals surface area contributed by atoms with Crippen LogP contribution in [-0.4, -0.2) is 28.2 Å². The van der Waals surface area contributed by atoms with Crippen molar-refractivity contribution in [3.8, 4) is 5.75 Å². The van der Waals surface area contributed by atoms with Crippen LogP contribution in [0.3, 0.4) is 0 Å². The summed E-state index contributed by atoms with van der Waals surface area (Å²) in [6.07, 6.45) is 4.56. The van der Waals surface area contributed by atoms with Crippen LogP contribution in [0.4, 0.5) is 11.5 Å². The third kappa shape index (κ3) is 2.54. The van der Waals surface area contributed by atoms with Gasteiger partial charge in [0.05, 0.1) is 24.6 Å². The zero-order chi connectivity index (χ0) is 13.0. The van der Waals surface area contributed by atoms with Crippen LogP contribution in [0.2, 0.25) is 0 Å². The Balaban J connectivity index is 2.38. The Bertz CT molecular complexity index is 558. The van der Waals surface area contributed by atoms with Crippen LogP contribution in [-0.2, 0) is 0 Å². The summed E-state index contributed by atoms with van der Waals surface area (Å²) in [6, 6.07) is 4.66. The Morgan fingerprint density at radius 3 is 2.83 bits per heavy atom. The minimum absolute atomic E-state index is 0.140. The molecule has 0 saturated heterocycles. The number of carbonyl (C=O) groups is 1. The molecule has 92 valence electrons. The van der Waals surface area contributed by atoms with Crippen molar-refractivity contribution in [2.45, 2.75) is 0 Å². The number of aromatic carboxylic acids is 1. The zero-order valence-corrected chi connectivity index (χ0v) is 9.62.